The number of rotatable bonds is 8. The molecule has 5 atom stereocenters. The van der Waals surface area contributed by atoms with Crippen molar-refractivity contribution in [3.63, 3.8) is 0 Å². The first-order valence-corrected chi connectivity index (χ1v) is 9.13. The van der Waals surface area contributed by atoms with E-state index in [2.05, 4.69) is 6.92 Å². The van der Waals surface area contributed by atoms with Crippen LogP contribution in [0.1, 0.15) is 59.3 Å². The van der Waals surface area contributed by atoms with Crippen molar-refractivity contribution in [2.24, 2.45) is 11.8 Å². The number of unbranched alkanes of at least 4 members (excludes halogenated alkanes) is 2. The minimum atomic E-state index is -0.339. The molecule has 25 heavy (non-hydrogen) atoms. The standard InChI is InChI=1S/C19H28O6/c1-4-5-6-7-14(23-12(2)20)8-9-15-16-10-19(22)25-18(16)11-17(15)24-13(3)21/h8-9,14-18H,4-7,10-11H2,1-3H3/b9-8+/t14?,15-,16+,17-,18-/m1/s1. The fraction of sp³-hybridized carbons (Fsp3) is 0.737. The molecule has 1 aliphatic heterocycles. The SMILES string of the molecule is CCCCCC(/C=C/[C@@H]1[C@@H]2CC(=O)O[C@@H]2C[C@H]1OC(C)=O)OC(C)=O. The molecule has 0 spiro atoms. The normalized spacial score (nSPS) is 29.3. The molecule has 1 unspecified atom stereocenters. The summed E-state index contributed by atoms with van der Waals surface area (Å²) in [5.41, 5.74) is 0. The van der Waals surface area contributed by atoms with Gasteiger partial charge in [-0.1, -0.05) is 25.8 Å². The Balaban J connectivity index is 2.07. The van der Waals surface area contributed by atoms with Crippen LogP contribution in [0.25, 0.3) is 0 Å². The maximum Gasteiger partial charge on any atom is 0.306 e. The van der Waals surface area contributed by atoms with Gasteiger partial charge < -0.3 is 14.2 Å². The molecule has 0 radical (unpaired) electrons. The van der Waals surface area contributed by atoms with Crippen molar-refractivity contribution in [1.82, 2.24) is 0 Å². The number of fused-ring (bicyclic) bond motifs is 1. The molecule has 1 saturated heterocycles. The number of ether oxygens (including phenoxy) is 3. The van der Waals surface area contributed by atoms with Gasteiger partial charge in [0.05, 0.1) is 6.42 Å². The van der Waals surface area contributed by atoms with Gasteiger partial charge in [0, 0.05) is 32.1 Å². The number of carbonyl (C=O) groups excluding carboxylic acids is 3. The molecule has 6 heteroatoms. The van der Waals surface area contributed by atoms with Crippen LogP contribution in [0.2, 0.25) is 0 Å². The van der Waals surface area contributed by atoms with Crippen LogP contribution in [0.4, 0.5) is 0 Å². The first kappa shape index (κ1) is 19.5. The van der Waals surface area contributed by atoms with Crippen LogP contribution in [0.5, 0.6) is 0 Å². The fourth-order valence-corrected chi connectivity index (χ4v) is 3.76. The smallest absolute Gasteiger partial charge is 0.306 e. The Bertz CT molecular complexity index is 526. The van der Waals surface area contributed by atoms with Gasteiger partial charge in [0.2, 0.25) is 0 Å². The highest BCUT2D eigenvalue weighted by Gasteiger charge is 2.50. The van der Waals surface area contributed by atoms with Gasteiger partial charge in [0.15, 0.2) is 0 Å². The van der Waals surface area contributed by atoms with E-state index in [1.807, 2.05) is 12.2 Å². The zero-order valence-electron chi connectivity index (χ0n) is 15.2. The third kappa shape index (κ3) is 5.58. The Kier molecular flexibility index (Phi) is 7.02. The molecule has 0 aromatic rings. The maximum absolute atomic E-state index is 11.6. The van der Waals surface area contributed by atoms with Gasteiger partial charge >= 0.3 is 17.9 Å². The van der Waals surface area contributed by atoms with Crippen molar-refractivity contribution in [2.45, 2.75) is 77.6 Å². The second kappa shape index (κ2) is 9.02. The molecule has 1 heterocycles. The lowest BCUT2D eigenvalue weighted by molar-refractivity contribution is -0.149. The molecule has 2 fully saturated rings. The van der Waals surface area contributed by atoms with Crippen LogP contribution >= 0.6 is 0 Å². The molecule has 0 N–H and O–H groups in total. The zero-order chi connectivity index (χ0) is 18.4. The highest BCUT2D eigenvalue weighted by Crippen LogP contribution is 2.43. The molecule has 6 nitrogen and oxygen atoms in total. The lowest BCUT2D eigenvalue weighted by Crippen LogP contribution is -2.24. The largest absolute Gasteiger partial charge is 0.462 e. The predicted octanol–water partition coefficient (Wildman–Crippen LogP) is 2.94. The molecule has 2 rings (SSSR count). The van der Waals surface area contributed by atoms with E-state index in [9.17, 15) is 14.4 Å². The van der Waals surface area contributed by atoms with Crippen LogP contribution < -0.4 is 0 Å². The van der Waals surface area contributed by atoms with E-state index in [4.69, 9.17) is 14.2 Å². The second-order valence-electron chi connectivity index (χ2n) is 6.89. The molecule has 0 amide bonds. The molecule has 0 bridgehead atoms. The number of carbonyl (C=O) groups is 3. The molecule has 1 aliphatic carbocycles. The van der Waals surface area contributed by atoms with Crippen molar-refractivity contribution in [2.75, 3.05) is 0 Å². The molecule has 1 saturated carbocycles. The number of hydrogen-bond donors (Lipinski definition) is 0. The second-order valence-corrected chi connectivity index (χ2v) is 6.89. The average molecular weight is 352 g/mol. The van der Waals surface area contributed by atoms with Crippen LogP contribution in [0.3, 0.4) is 0 Å². The van der Waals surface area contributed by atoms with E-state index in [-0.39, 0.29) is 48.1 Å². The lowest BCUT2D eigenvalue weighted by atomic mass is 9.91. The van der Waals surface area contributed by atoms with Gasteiger partial charge in [-0.2, -0.15) is 0 Å². The topological polar surface area (TPSA) is 78.9 Å². The van der Waals surface area contributed by atoms with Crippen LogP contribution in [0, 0.1) is 11.8 Å². The van der Waals surface area contributed by atoms with Gasteiger partial charge in [0.1, 0.15) is 18.3 Å². The summed E-state index contributed by atoms with van der Waals surface area (Å²) in [7, 11) is 0. The summed E-state index contributed by atoms with van der Waals surface area (Å²) in [6.45, 7) is 4.90. The van der Waals surface area contributed by atoms with Crippen molar-refractivity contribution < 1.29 is 28.6 Å². The number of esters is 3. The summed E-state index contributed by atoms with van der Waals surface area (Å²) in [5, 5.41) is 0. The maximum atomic E-state index is 11.6. The minimum Gasteiger partial charge on any atom is -0.462 e. The summed E-state index contributed by atoms with van der Waals surface area (Å²) in [4.78, 5) is 34.3. The Morgan fingerprint density at radius 2 is 2.04 bits per heavy atom. The summed E-state index contributed by atoms with van der Waals surface area (Å²) in [5.74, 6) is -0.930. The third-order valence-electron chi connectivity index (χ3n) is 4.83. The lowest BCUT2D eigenvalue weighted by Gasteiger charge is -2.20. The minimum absolute atomic E-state index is 0.0155. The van der Waals surface area contributed by atoms with Crippen molar-refractivity contribution in [1.29, 1.82) is 0 Å². The first-order valence-electron chi connectivity index (χ1n) is 9.13. The van der Waals surface area contributed by atoms with Gasteiger partial charge in [-0.15, -0.1) is 0 Å². The van der Waals surface area contributed by atoms with Gasteiger partial charge in [0.25, 0.3) is 0 Å². The number of hydrogen-bond acceptors (Lipinski definition) is 6. The summed E-state index contributed by atoms with van der Waals surface area (Å²) in [6, 6.07) is 0. The quantitative estimate of drug-likeness (QED) is 0.289. The van der Waals surface area contributed by atoms with Crippen molar-refractivity contribution in [3.8, 4) is 0 Å². The molecular formula is C19H28O6. The molecule has 0 aromatic carbocycles. The predicted molar refractivity (Wildman–Crippen MR) is 90.5 cm³/mol. The van der Waals surface area contributed by atoms with Crippen LogP contribution in [0.15, 0.2) is 12.2 Å². The van der Waals surface area contributed by atoms with Crippen molar-refractivity contribution >= 4 is 17.9 Å². The van der Waals surface area contributed by atoms with Gasteiger partial charge in [-0.3, -0.25) is 14.4 Å². The molecule has 2 aliphatic rings. The van der Waals surface area contributed by atoms with E-state index in [0.29, 0.717) is 12.8 Å². The molecule has 0 aromatic heterocycles. The van der Waals surface area contributed by atoms with E-state index >= 15 is 0 Å². The van der Waals surface area contributed by atoms with E-state index in [0.717, 1.165) is 25.7 Å². The zero-order valence-corrected chi connectivity index (χ0v) is 15.2. The highest BCUT2D eigenvalue weighted by atomic mass is 16.6. The average Bonchev–Trinajstić information content (AvgIpc) is 2.99. The Hall–Kier alpha value is -1.85. The third-order valence-corrected chi connectivity index (χ3v) is 4.83. The Morgan fingerprint density at radius 1 is 1.28 bits per heavy atom. The molecule has 140 valence electrons. The van der Waals surface area contributed by atoms with Crippen LogP contribution in [-0.4, -0.2) is 36.2 Å². The van der Waals surface area contributed by atoms with Crippen molar-refractivity contribution in [3.05, 3.63) is 12.2 Å². The van der Waals surface area contributed by atoms with E-state index in [1.165, 1.54) is 13.8 Å². The van der Waals surface area contributed by atoms with Crippen LogP contribution in [-0.2, 0) is 28.6 Å². The summed E-state index contributed by atoms with van der Waals surface area (Å²) < 4.78 is 16.1. The fourth-order valence-electron chi connectivity index (χ4n) is 3.76. The van der Waals surface area contributed by atoms with Gasteiger partial charge in [-0.25, -0.2) is 0 Å². The summed E-state index contributed by atoms with van der Waals surface area (Å²) in [6.07, 6.45) is 7.81. The van der Waals surface area contributed by atoms with Gasteiger partial charge in [-0.05, 0) is 18.9 Å². The Labute approximate surface area is 148 Å². The summed E-state index contributed by atoms with van der Waals surface area (Å²) >= 11 is 0. The van der Waals surface area contributed by atoms with E-state index in [1.54, 1.807) is 0 Å². The Morgan fingerprint density at radius 3 is 2.68 bits per heavy atom. The monoisotopic (exact) mass is 352 g/mol. The molecular weight excluding hydrogens is 324 g/mol. The van der Waals surface area contributed by atoms with E-state index < -0.39 is 0 Å². The first-order chi connectivity index (χ1) is 11.9. The highest BCUT2D eigenvalue weighted by molar-refractivity contribution is 5.72.